The third kappa shape index (κ3) is 2.36. The van der Waals surface area contributed by atoms with E-state index < -0.39 is 11.4 Å². The molecular weight excluding hydrogens is 291 g/mol. The number of aryl methyl sites for hydroxylation is 1. The predicted octanol–water partition coefficient (Wildman–Crippen LogP) is 3.22. The van der Waals surface area contributed by atoms with Crippen molar-refractivity contribution in [2.24, 2.45) is 5.73 Å². The van der Waals surface area contributed by atoms with Crippen LogP contribution in [0.1, 0.15) is 17.5 Å². The summed E-state index contributed by atoms with van der Waals surface area (Å²) in [6, 6.07) is 11.3. The average Bonchev–Trinajstić information content (AvgIpc) is 2.81. The summed E-state index contributed by atoms with van der Waals surface area (Å²) in [7, 11) is 0. The molecule has 2 aromatic rings. The number of benzene rings is 2. The first-order valence-electron chi connectivity index (χ1n) is 6.64. The first-order valence-corrected chi connectivity index (χ1v) is 7.02. The van der Waals surface area contributed by atoms with Gasteiger partial charge in [0.25, 0.3) is 0 Å². The molecule has 108 valence electrons. The van der Waals surface area contributed by atoms with Crippen molar-refractivity contribution in [3.8, 4) is 0 Å². The number of carbonyl (C=O) groups is 1. The number of hydrogen-bond acceptors (Lipinski definition) is 2. The van der Waals surface area contributed by atoms with Crippen LogP contribution in [0.2, 0.25) is 5.02 Å². The van der Waals surface area contributed by atoms with Gasteiger partial charge in [-0.25, -0.2) is 4.39 Å². The highest BCUT2D eigenvalue weighted by atomic mass is 35.5. The van der Waals surface area contributed by atoms with Gasteiger partial charge in [-0.15, -0.1) is 0 Å². The van der Waals surface area contributed by atoms with Gasteiger partial charge in [0.2, 0.25) is 5.91 Å². The Balaban J connectivity index is 2.03. The standard InChI is InChI=1S/C16H14ClFN2O/c17-11-1-6-14-10(9-11)7-8-16(14,15(19)21)20-13-4-2-12(18)3-5-13/h1-6,9,20H,7-8H2,(H2,19,21). The lowest BCUT2D eigenvalue weighted by Crippen LogP contribution is -2.46. The maximum Gasteiger partial charge on any atom is 0.247 e. The molecule has 3 rings (SSSR count). The number of halogens is 2. The normalized spacial score (nSPS) is 20.1. The molecule has 0 fully saturated rings. The molecule has 0 aliphatic heterocycles. The molecule has 3 nitrogen and oxygen atoms in total. The lowest BCUT2D eigenvalue weighted by atomic mass is 9.90. The Morgan fingerprint density at radius 1 is 1.24 bits per heavy atom. The van der Waals surface area contributed by atoms with E-state index in [-0.39, 0.29) is 5.82 Å². The minimum atomic E-state index is -0.974. The van der Waals surface area contributed by atoms with Crippen molar-refractivity contribution >= 4 is 23.2 Å². The number of nitrogens with one attached hydrogen (secondary N) is 1. The van der Waals surface area contributed by atoms with Crippen molar-refractivity contribution in [3.63, 3.8) is 0 Å². The second-order valence-corrected chi connectivity index (χ2v) is 5.64. The van der Waals surface area contributed by atoms with Crippen LogP contribution in [0, 0.1) is 5.82 Å². The molecule has 2 aromatic carbocycles. The second kappa shape index (κ2) is 5.04. The number of amides is 1. The van der Waals surface area contributed by atoms with Crippen LogP contribution < -0.4 is 11.1 Å². The lowest BCUT2D eigenvalue weighted by Gasteiger charge is -2.29. The molecule has 1 atom stereocenters. The molecule has 0 spiro atoms. The van der Waals surface area contributed by atoms with Gasteiger partial charge >= 0.3 is 0 Å². The Hall–Kier alpha value is -2.07. The molecule has 0 heterocycles. The van der Waals surface area contributed by atoms with Crippen LogP contribution in [0.5, 0.6) is 0 Å². The van der Waals surface area contributed by atoms with Crippen molar-refractivity contribution in [1.82, 2.24) is 0 Å². The van der Waals surface area contributed by atoms with Crippen LogP contribution in [0.3, 0.4) is 0 Å². The predicted molar refractivity (Wildman–Crippen MR) is 80.7 cm³/mol. The van der Waals surface area contributed by atoms with E-state index in [9.17, 15) is 9.18 Å². The average molecular weight is 305 g/mol. The fraction of sp³-hybridized carbons (Fsp3) is 0.188. The number of hydrogen-bond donors (Lipinski definition) is 2. The minimum absolute atomic E-state index is 0.327. The van der Waals surface area contributed by atoms with Crippen LogP contribution in [-0.2, 0) is 16.8 Å². The van der Waals surface area contributed by atoms with Crippen molar-refractivity contribution < 1.29 is 9.18 Å². The Kier molecular flexibility index (Phi) is 3.33. The van der Waals surface area contributed by atoms with Gasteiger partial charge in [-0.3, -0.25) is 4.79 Å². The van der Waals surface area contributed by atoms with Gasteiger partial charge in [0.1, 0.15) is 11.4 Å². The van der Waals surface area contributed by atoms with Crippen LogP contribution in [0.15, 0.2) is 42.5 Å². The quantitative estimate of drug-likeness (QED) is 0.915. The van der Waals surface area contributed by atoms with E-state index in [1.807, 2.05) is 12.1 Å². The molecule has 0 saturated heterocycles. The molecule has 3 N–H and O–H groups in total. The molecule has 1 aliphatic carbocycles. The van der Waals surface area contributed by atoms with Crippen LogP contribution >= 0.6 is 11.6 Å². The van der Waals surface area contributed by atoms with Gasteiger partial charge in [-0.05, 0) is 60.4 Å². The van der Waals surface area contributed by atoms with Crippen LogP contribution in [0.4, 0.5) is 10.1 Å². The number of primary amides is 1. The molecule has 1 amide bonds. The Labute approximate surface area is 126 Å². The largest absolute Gasteiger partial charge is 0.368 e. The SMILES string of the molecule is NC(=O)C1(Nc2ccc(F)cc2)CCc2cc(Cl)ccc21. The summed E-state index contributed by atoms with van der Waals surface area (Å²) < 4.78 is 13.0. The monoisotopic (exact) mass is 304 g/mol. The van der Waals surface area contributed by atoms with Gasteiger partial charge in [0.05, 0.1) is 0 Å². The highest BCUT2D eigenvalue weighted by Crippen LogP contribution is 2.40. The molecular formula is C16H14ClFN2O. The zero-order valence-corrected chi connectivity index (χ0v) is 12.0. The number of anilines is 1. The van der Waals surface area contributed by atoms with Gasteiger partial charge in [0.15, 0.2) is 0 Å². The Morgan fingerprint density at radius 3 is 2.62 bits per heavy atom. The first-order chi connectivity index (χ1) is 10.0. The molecule has 1 unspecified atom stereocenters. The third-order valence-electron chi connectivity index (χ3n) is 3.92. The molecule has 0 radical (unpaired) electrons. The third-order valence-corrected chi connectivity index (χ3v) is 4.15. The zero-order chi connectivity index (χ0) is 15.0. The second-order valence-electron chi connectivity index (χ2n) is 5.20. The van der Waals surface area contributed by atoms with E-state index in [1.54, 1.807) is 18.2 Å². The number of nitrogens with two attached hydrogens (primary N) is 1. The summed E-state index contributed by atoms with van der Waals surface area (Å²) in [5.41, 5.74) is 7.18. The van der Waals surface area contributed by atoms with Gasteiger partial charge in [-0.1, -0.05) is 17.7 Å². The van der Waals surface area contributed by atoms with E-state index >= 15 is 0 Å². The fourth-order valence-electron chi connectivity index (χ4n) is 2.87. The van der Waals surface area contributed by atoms with E-state index in [0.717, 1.165) is 11.1 Å². The van der Waals surface area contributed by atoms with Crippen molar-refractivity contribution in [2.45, 2.75) is 18.4 Å². The van der Waals surface area contributed by atoms with Gasteiger partial charge in [-0.2, -0.15) is 0 Å². The smallest absolute Gasteiger partial charge is 0.247 e. The molecule has 0 aromatic heterocycles. The van der Waals surface area contributed by atoms with E-state index in [1.165, 1.54) is 12.1 Å². The first kappa shape index (κ1) is 13.9. The number of rotatable bonds is 3. The van der Waals surface area contributed by atoms with E-state index in [2.05, 4.69) is 5.32 Å². The highest BCUT2D eigenvalue weighted by Gasteiger charge is 2.44. The van der Waals surface area contributed by atoms with Crippen molar-refractivity contribution in [3.05, 3.63) is 64.4 Å². The summed E-state index contributed by atoms with van der Waals surface area (Å²) in [4.78, 5) is 12.1. The van der Waals surface area contributed by atoms with Crippen LogP contribution in [0.25, 0.3) is 0 Å². The molecule has 1 aliphatic rings. The maximum absolute atomic E-state index is 13.0. The Bertz CT molecular complexity index is 702. The summed E-state index contributed by atoms with van der Waals surface area (Å²) in [5.74, 6) is -0.778. The van der Waals surface area contributed by atoms with Crippen LogP contribution in [-0.4, -0.2) is 5.91 Å². The topological polar surface area (TPSA) is 55.1 Å². The summed E-state index contributed by atoms with van der Waals surface area (Å²) in [6.07, 6.45) is 1.27. The number of carbonyl (C=O) groups excluding carboxylic acids is 1. The maximum atomic E-state index is 13.0. The molecule has 0 saturated carbocycles. The zero-order valence-electron chi connectivity index (χ0n) is 11.2. The van der Waals surface area contributed by atoms with Gasteiger partial charge < -0.3 is 11.1 Å². The fourth-order valence-corrected chi connectivity index (χ4v) is 3.06. The van der Waals surface area contributed by atoms with E-state index in [0.29, 0.717) is 23.6 Å². The lowest BCUT2D eigenvalue weighted by molar-refractivity contribution is -0.122. The minimum Gasteiger partial charge on any atom is -0.368 e. The molecule has 0 bridgehead atoms. The number of fused-ring (bicyclic) bond motifs is 1. The summed E-state index contributed by atoms with van der Waals surface area (Å²) in [6.45, 7) is 0. The summed E-state index contributed by atoms with van der Waals surface area (Å²) >= 11 is 6.00. The van der Waals surface area contributed by atoms with Crippen molar-refractivity contribution in [2.75, 3.05) is 5.32 Å². The highest BCUT2D eigenvalue weighted by molar-refractivity contribution is 6.30. The Morgan fingerprint density at radius 2 is 1.95 bits per heavy atom. The molecule has 5 heteroatoms. The van der Waals surface area contributed by atoms with Crippen molar-refractivity contribution in [1.29, 1.82) is 0 Å². The molecule has 21 heavy (non-hydrogen) atoms. The van der Waals surface area contributed by atoms with E-state index in [4.69, 9.17) is 17.3 Å². The summed E-state index contributed by atoms with van der Waals surface area (Å²) in [5, 5.41) is 3.81. The van der Waals surface area contributed by atoms with Gasteiger partial charge in [0, 0.05) is 10.7 Å².